The number of esters is 1. The molecule has 2 aromatic rings. The van der Waals surface area contributed by atoms with Crippen molar-refractivity contribution in [1.82, 2.24) is 0 Å². The van der Waals surface area contributed by atoms with Crippen molar-refractivity contribution >= 4 is 29.2 Å². The Kier molecular flexibility index (Phi) is 5.82. The minimum absolute atomic E-state index is 0.377. The number of nitrogens with one attached hydrogen (secondary N) is 1. The number of amides is 1. The van der Waals surface area contributed by atoms with E-state index in [1.165, 1.54) is 7.11 Å². The molecule has 5 nitrogen and oxygen atoms in total. The van der Waals surface area contributed by atoms with Crippen LogP contribution in [-0.2, 0) is 9.53 Å². The van der Waals surface area contributed by atoms with E-state index in [2.05, 4.69) is 5.32 Å². The van der Waals surface area contributed by atoms with Crippen molar-refractivity contribution in [1.29, 1.82) is 0 Å². The molecule has 0 aliphatic heterocycles. The second-order valence-electron chi connectivity index (χ2n) is 5.27. The van der Waals surface area contributed by atoms with Crippen molar-refractivity contribution in [3.63, 3.8) is 0 Å². The van der Waals surface area contributed by atoms with Crippen molar-refractivity contribution < 1.29 is 19.1 Å². The first-order valence-corrected chi connectivity index (χ1v) is 7.66. The zero-order valence-corrected chi connectivity index (χ0v) is 14.4. The second kappa shape index (κ2) is 7.84. The van der Waals surface area contributed by atoms with Crippen molar-refractivity contribution in [2.45, 2.75) is 13.8 Å². The van der Waals surface area contributed by atoms with Gasteiger partial charge in [-0.25, -0.2) is 4.79 Å². The smallest absolute Gasteiger partial charge is 0.338 e. The highest BCUT2D eigenvalue weighted by molar-refractivity contribution is 6.32. The molecule has 24 heavy (non-hydrogen) atoms. The van der Waals surface area contributed by atoms with Crippen molar-refractivity contribution in [2.24, 2.45) is 0 Å². The van der Waals surface area contributed by atoms with Gasteiger partial charge >= 0.3 is 5.97 Å². The van der Waals surface area contributed by atoms with Crippen LogP contribution in [0.3, 0.4) is 0 Å². The number of halogens is 1. The molecule has 0 radical (unpaired) electrons. The lowest BCUT2D eigenvalue weighted by Gasteiger charge is -2.09. The Morgan fingerprint density at radius 1 is 1.08 bits per heavy atom. The maximum atomic E-state index is 12.0. The van der Waals surface area contributed by atoms with Gasteiger partial charge in [-0.15, -0.1) is 0 Å². The van der Waals surface area contributed by atoms with Gasteiger partial charge in [-0.2, -0.15) is 0 Å². The van der Waals surface area contributed by atoms with Gasteiger partial charge in [-0.05, 0) is 55.3 Å². The predicted octanol–water partition coefficient (Wildman–Crippen LogP) is 3.76. The molecule has 0 aromatic heterocycles. The fourth-order valence-electron chi connectivity index (χ4n) is 2.02. The lowest BCUT2D eigenvalue weighted by Crippen LogP contribution is -2.21. The Morgan fingerprint density at radius 3 is 2.46 bits per heavy atom. The van der Waals surface area contributed by atoms with Crippen LogP contribution in [0.15, 0.2) is 36.4 Å². The third-order valence-electron chi connectivity index (χ3n) is 3.51. The van der Waals surface area contributed by atoms with E-state index in [9.17, 15) is 9.59 Å². The molecule has 2 aromatic carbocycles. The van der Waals surface area contributed by atoms with Gasteiger partial charge < -0.3 is 14.8 Å². The SMILES string of the molecule is COc1ccc(NC(=O)COC(=O)c2ccc(C)c(C)c2)cc1Cl. The van der Waals surface area contributed by atoms with Gasteiger partial charge in [0.05, 0.1) is 17.7 Å². The summed E-state index contributed by atoms with van der Waals surface area (Å²) >= 11 is 5.99. The first kappa shape index (κ1) is 17.8. The van der Waals surface area contributed by atoms with Gasteiger partial charge in [-0.1, -0.05) is 17.7 Å². The predicted molar refractivity (Wildman–Crippen MR) is 92.8 cm³/mol. The first-order chi connectivity index (χ1) is 11.4. The Labute approximate surface area is 145 Å². The molecule has 1 amide bonds. The lowest BCUT2D eigenvalue weighted by molar-refractivity contribution is -0.119. The van der Waals surface area contributed by atoms with Crippen LogP contribution in [-0.4, -0.2) is 25.6 Å². The summed E-state index contributed by atoms with van der Waals surface area (Å²) in [5.41, 5.74) is 2.98. The molecule has 0 bridgehead atoms. The van der Waals surface area contributed by atoms with Crippen LogP contribution in [0.4, 0.5) is 5.69 Å². The minimum Gasteiger partial charge on any atom is -0.495 e. The molecular weight excluding hydrogens is 330 g/mol. The van der Waals surface area contributed by atoms with E-state index < -0.39 is 11.9 Å². The monoisotopic (exact) mass is 347 g/mol. The number of ether oxygens (including phenoxy) is 2. The number of hydrogen-bond acceptors (Lipinski definition) is 4. The topological polar surface area (TPSA) is 64.6 Å². The molecule has 6 heteroatoms. The number of methoxy groups -OCH3 is 1. The highest BCUT2D eigenvalue weighted by Crippen LogP contribution is 2.27. The molecule has 0 saturated heterocycles. The Morgan fingerprint density at radius 2 is 1.83 bits per heavy atom. The third-order valence-corrected chi connectivity index (χ3v) is 3.81. The van der Waals surface area contributed by atoms with E-state index in [4.69, 9.17) is 21.1 Å². The van der Waals surface area contributed by atoms with Crippen molar-refractivity contribution in [2.75, 3.05) is 19.0 Å². The molecule has 0 spiro atoms. The first-order valence-electron chi connectivity index (χ1n) is 7.28. The van der Waals surface area contributed by atoms with E-state index in [1.54, 1.807) is 30.3 Å². The number of hydrogen-bond donors (Lipinski definition) is 1. The molecule has 0 fully saturated rings. The van der Waals surface area contributed by atoms with Crippen LogP contribution in [0.2, 0.25) is 5.02 Å². The summed E-state index contributed by atoms with van der Waals surface area (Å²) < 4.78 is 10.1. The number of carbonyl (C=O) groups is 2. The molecule has 0 atom stereocenters. The number of anilines is 1. The summed E-state index contributed by atoms with van der Waals surface area (Å²) in [4.78, 5) is 23.8. The van der Waals surface area contributed by atoms with Crippen LogP contribution >= 0.6 is 11.6 Å². The molecule has 0 unspecified atom stereocenters. The van der Waals surface area contributed by atoms with Gasteiger partial charge in [0, 0.05) is 5.69 Å². The van der Waals surface area contributed by atoms with E-state index >= 15 is 0 Å². The van der Waals surface area contributed by atoms with E-state index in [-0.39, 0.29) is 6.61 Å². The third kappa shape index (κ3) is 4.49. The quantitative estimate of drug-likeness (QED) is 0.836. The summed E-state index contributed by atoms with van der Waals surface area (Å²) in [7, 11) is 1.51. The maximum Gasteiger partial charge on any atom is 0.338 e. The fraction of sp³-hybridized carbons (Fsp3) is 0.222. The molecular formula is C18H18ClNO4. The molecule has 126 valence electrons. The highest BCUT2D eigenvalue weighted by Gasteiger charge is 2.12. The van der Waals surface area contributed by atoms with Crippen LogP contribution in [0, 0.1) is 13.8 Å². The van der Waals surface area contributed by atoms with Crippen molar-refractivity contribution in [3.8, 4) is 5.75 Å². The largest absolute Gasteiger partial charge is 0.495 e. The Balaban J connectivity index is 1.91. The molecule has 0 heterocycles. The number of benzene rings is 2. The maximum absolute atomic E-state index is 12.0. The zero-order valence-electron chi connectivity index (χ0n) is 13.7. The molecule has 0 aliphatic rings. The van der Waals surface area contributed by atoms with Crippen LogP contribution < -0.4 is 10.1 Å². The number of carbonyl (C=O) groups excluding carboxylic acids is 2. The van der Waals surface area contributed by atoms with Gasteiger partial charge in [-0.3, -0.25) is 4.79 Å². The average molecular weight is 348 g/mol. The standard InChI is InChI=1S/C18H18ClNO4/c1-11-4-5-13(8-12(11)2)18(22)24-10-17(21)20-14-6-7-16(23-3)15(19)9-14/h4-9H,10H2,1-3H3,(H,20,21). The van der Waals surface area contributed by atoms with Gasteiger partial charge in [0.1, 0.15) is 5.75 Å². The van der Waals surface area contributed by atoms with E-state index in [0.717, 1.165) is 11.1 Å². The van der Waals surface area contributed by atoms with Gasteiger partial charge in [0.25, 0.3) is 5.91 Å². The zero-order chi connectivity index (χ0) is 17.7. The summed E-state index contributed by atoms with van der Waals surface area (Å²) in [5.74, 6) is -0.481. The molecule has 0 aliphatic carbocycles. The molecule has 1 N–H and O–H groups in total. The normalized spacial score (nSPS) is 10.2. The second-order valence-corrected chi connectivity index (χ2v) is 5.68. The van der Waals surface area contributed by atoms with Crippen LogP contribution in [0.1, 0.15) is 21.5 Å². The highest BCUT2D eigenvalue weighted by atomic mass is 35.5. The van der Waals surface area contributed by atoms with Crippen LogP contribution in [0.25, 0.3) is 0 Å². The van der Waals surface area contributed by atoms with Gasteiger partial charge in [0.15, 0.2) is 6.61 Å². The number of rotatable bonds is 5. The van der Waals surface area contributed by atoms with Gasteiger partial charge in [0.2, 0.25) is 0 Å². The minimum atomic E-state index is -0.541. The Hall–Kier alpha value is -2.53. The lowest BCUT2D eigenvalue weighted by atomic mass is 10.1. The van der Waals surface area contributed by atoms with Crippen molar-refractivity contribution in [3.05, 3.63) is 58.1 Å². The fourth-order valence-corrected chi connectivity index (χ4v) is 2.28. The van der Waals surface area contributed by atoms with E-state index in [1.807, 2.05) is 19.9 Å². The summed E-state index contributed by atoms with van der Waals surface area (Å²) in [6.07, 6.45) is 0. The summed E-state index contributed by atoms with van der Waals surface area (Å²) in [6.45, 7) is 3.49. The van der Waals surface area contributed by atoms with Crippen LogP contribution in [0.5, 0.6) is 5.75 Å². The average Bonchev–Trinajstić information content (AvgIpc) is 2.55. The summed E-state index contributed by atoms with van der Waals surface area (Å²) in [5, 5.41) is 2.98. The summed E-state index contributed by atoms with van der Waals surface area (Å²) in [6, 6.07) is 10.1. The number of aryl methyl sites for hydroxylation is 2. The molecule has 2 rings (SSSR count). The van der Waals surface area contributed by atoms with E-state index in [0.29, 0.717) is 22.0 Å². The Bertz CT molecular complexity index is 774. The molecule has 0 saturated carbocycles.